The number of rotatable bonds is 4. The smallest absolute Gasteiger partial charge is 0.126 e. The molecular formula is C9H13ClN2OS. The van der Waals surface area contributed by atoms with Crippen molar-refractivity contribution < 1.29 is 4.21 Å². The lowest BCUT2D eigenvalue weighted by molar-refractivity contribution is 0.683. The van der Waals surface area contributed by atoms with E-state index in [1.165, 1.54) is 0 Å². The Labute approximate surface area is 91.3 Å². The number of nitrogens with zero attached hydrogens (tertiary/aromatic N) is 1. The molecule has 1 heterocycles. The van der Waals surface area contributed by atoms with Crippen molar-refractivity contribution in [2.45, 2.75) is 13.0 Å². The Hall–Kier alpha value is -0.610. The topological polar surface area (TPSA) is 42.0 Å². The van der Waals surface area contributed by atoms with Crippen molar-refractivity contribution in [3.63, 3.8) is 0 Å². The van der Waals surface area contributed by atoms with Gasteiger partial charge in [0.2, 0.25) is 0 Å². The van der Waals surface area contributed by atoms with Crippen LogP contribution in [0.25, 0.3) is 0 Å². The average Bonchev–Trinajstić information content (AvgIpc) is 2.07. The van der Waals surface area contributed by atoms with Crippen molar-refractivity contribution >= 4 is 28.2 Å². The Balaban J connectivity index is 2.51. The van der Waals surface area contributed by atoms with Gasteiger partial charge in [-0.2, -0.15) is 0 Å². The van der Waals surface area contributed by atoms with Crippen molar-refractivity contribution in [2.24, 2.45) is 0 Å². The lowest BCUT2D eigenvalue weighted by Gasteiger charge is -2.12. The summed E-state index contributed by atoms with van der Waals surface area (Å²) in [4.78, 5) is 4.08. The summed E-state index contributed by atoms with van der Waals surface area (Å²) >= 11 is 5.69. The highest BCUT2D eigenvalue weighted by Gasteiger charge is 2.04. The van der Waals surface area contributed by atoms with Gasteiger partial charge in [-0.15, -0.1) is 0 Å². The van der Waals surface area contributed by atoms with Gasteiger partial charge in [0.15, 0.2) is 0 Å². The van der Waals surface area contributed by atoms with Crippen LogP contribution in [0.5, 0.6) is 0 Å². The normalized spacial score (nSPS) is 14.8. The summed E-state index contributed by atoms with van der Waals surface area (Å²) in [5, 5.41) is 3.75. The molecule has 3 nitrogen and oxygen atoms in total. The van der Waals surface area contributed by atoms with Gasteiger partial charge in [-0.1, -0.05) is 11.6 Å². The average molecular weight is 233 g/mol. The third kappa shape index (κ3) is 4.07. The minimum absolute atomic E-state index is 0.148. The van der Waals surface area contributed by atoms with Gasteiger partial charge < -0.3 is 5.32 Å². The number of aromatic nitrogens is 1. The van der Waals surface area contributed by atoms with Gasteiger partial charge in [-0.25, -0.2) is 4.98 Å². The van der Waals surface area contributed by atoms with E-state index < -0.39 is 10.8 Å². The van der Waals surface area contributed by atoms with Gasteiger partial charge >= 0.3 is 0 Å². The van der Waals surface area contributed by atoms with E-state index >= 15 is 0 Å². The largest absolute Gasteiger partial charge is 0.367 e. The third-order valence-electron chi connectivity index (χ3n) is 1.61. The quantitative estimate of drug-likeness (QED) is 0.863. The van der Waals surface area contributed by atoms with Crippen LogP contribution in [0.1, 0.15) is 6.92 Å². The van der Waals surface area contributed by atoms with Crippen LogP contribution in [-0.4, -0.2) is 27.2 Å². The fraction of sp³-hybridized carbons (Fsp3) is 0.444. The maximum Gasteiger partial charge on any atom is 0.126 e. The Kier molecular flexibility index (Phi) is 4.35. The molecule has 0 fully saturated rings. The van der Waals surface area contributed by atoms with Gasteiger partial charge in [-0.05, 0) is 19.1 Å². The molecule has 2 atom stereocenters. The van der Waals surface area contributed by atoms with E-state index in [2.05, 4.69) is 10.3 Å². The highest BCUT2D eigenvalue weighted by atomic mass is 35.5. The summed E-state index contributed by atoms with van der Waals surface area (Å²) < 4.78 is 10.9. The van der Waals surface area contributed by atoms with E-state index in [0.29, 0.717) is 10.8 Å². The van der Waals surface area contributed by atoms with Gasteiger partial charge in [-0.3, -0.25) is 4.21 Å². The first kappa shape index (κ1) is 11.5. The molecule has 0 saturated carbocycles. The number of nitrogens with one attached hydrogen (secondary N) is 1. The van der Waals surface area contributed by atoms with E-state index in [1.54, 1.807) is 24.6 Å². The van der Waals surface area contributed by atoms with Crippen molar-refractivity contribution in [1.29, 1.82) is 0 Å². The van der Waals surface area contributed by atoms with Gasteiger partial charge in [0.1, 0.15) is 5.82 Å². The molecule has 0 spiro atoms. The van der Waals surface area contributed by atoms with Crippen molar-refractivity contribution in [3.8, 4) is 0 Å². The monoisotopic (exact) mass is 232 g/mol. The fourth-order valence-electron chi connectivity index (χ4n) is 1.11. The molecule has 14 heavy (non-hydrogen) atoms. The summed E-state index contributed by atoms with van der Waals surface area (Å²) in [7, 11) is -0.790. The van der Waals surface area contributed by atoms with Crippen LogP contribution < -0.4 is 5.32 Å². The number of hydrogen-bond acceptors (Lipinski definition) is 3. The molecule has 1 N–H and O–H groups in total. The fourth-order valence-corrected chi connectivity index (χ4v) is 2.01. The number of anilines is 1. The molecule has 0 saturated heterocycles. The highest BCUT2D eigenvalue weighted by Crippen LogP contribution is 2.10. The Morgan fingerprint density at radius 1 is 1.64 bits per heavy atom. The molecule has 78 valence electrons. The molecule has 0 amide bonds. The number of pyridine rings is 1. The maximum absolute atomic E-state index is 10.9. The van der Waals surface area contributed by atoms with Gasteiger partial charge in [0.05, 0.1) is 5.02 Å². The molecule has 0 aliphatic rings. The van der Waals surface area contributed by atoms with E-state index in [1.807, 2.05) is 6.92 Å². The van der Waals surface area contributed by atoms with Crippen LogP contribution in [0.2, 0.25) is 5.02 Å². The van der Waals surface area contributed by atoms with Gasteiger partial charge in [0, 0.05) is 35.0 Å². The first-order valence-electron chi connectivity index (χ1n) is 4.26. The van der Waals surface area contributed by atoms with E-state index in [-0.39, 0.29) is 6.04 Å². The second-order valence-corrected chi connectivity index (χ2v) is 5.06. The van der Waals surface area contributed by atoms with Gasteiger partial charge in [0.25, 0.3) is 0 Å². The summed E-state index contributed by atoms with van der Waals surface area (Å²) in [6, 6.07) is 3.72. The molecular weight excluding hydrogens is 220 g/mol. The summed E-state index contributed by atoms with van der Waals surface area (Å²) in [6.45, 7) is 1.97. The molecule has 5 heteroatoms. The minimum Gasteiger partial charge on any atom is -0.367 e. The molecule has 0 bridgehead atoms. The van der Waals surface area contributed by atoms with Crippen LogP contribution >= 0.6 is 11.6 Å². The summed E-state index contributed by atoms with van der Waals surface area (Å²) in [5.74, 6) is 1.37. The Bertz CT molecular complexity index is 315. The molecule has 0 aliphatic carbocycles. The molecule has 0 aromatic carbocycles. The zero-order valence-electron chi connectivity index (χ0n) is 8.16. The molecule has 0 radical (unpaired) electrons. The van der Waals surface area contributed by atoms with Crippen LogP contribution in [-0.2, 0) is 10.8 Å². The predicted molar refractivity (Wildman–Crippen MR) is 61.3 cm³/mol. The predicted octanol–water partition coefficient (Wildman–Crippen LogP) is 1.91. The third-order valence-corrected chi connectivity index (χ3v) is 2.80. The number of halogens is 1. The number of hydrogen-bond donors (Lipinski definition) is 1. The summed E-state index contributed by atoms with van der Waals surface area (Å²) in [6.07, 6.45) is 3.27. The van der Waals surface area contributed by atoms with E-state index in [4.69, 9.17) is 11.6 Å². The van der Waals surface area contributed by atoms with Crippen molar-refractivity contribution in [2.75, 3.05) is 17.3 Å². The first-order chi connectivity index (χ1) is 6.58. The van der Waals surface area contributed by atoms with Crippen molar-refractivity contribution in [1.82, 2.24) is 4.98 Å². The summed E-state index contributed by atoms with van der Waals surface area (Å²) in [5.41, 5.74) is 0. The second-order valence-electron chi connectivity index (χ2n) is 3.15. The van der Waals surface area contributed by atoms with E-state index in [0.717, 1.165) is 5.82 Å². The Morgan fingerprint density at radius 3 is 2.86 bits per heavy atom. The van der Waals surface area contributed by atoms with Crippen LogP contribution in [0.15, 0.2) is 18.3 Å². The molecule has 1 rings (SSSR count). The Morgan fingerprint density at radius 2 is 2.36 bits per heavy atom. The SMILES string of the molecule is CC(CS(C)=O)Nc1ccc(Cl)cn1. The van der Waals surface area contributed by atoms with E-state index in [9.17, 15) is 4.21 Å². The van der Waals surface area contributed by atoms with Crippen LogP contribution in [0.4, 0.5) is 5.82 Å². The lowest BCUT2D eigenvalue weighted by atomic mass is 10.4. The first-order valence-corrected chi connectivity index (χ1v) is 6.36. The minimum atomic E-state index is -0.790. The molecule has 1 aromatic rings. The zero-order chi connectivity index (χ0) is 10.6. The standard InChI is InChI=1S/C9H13ClN2OS/c1-7(6-14(2)13)12-9-4-3-8(10)5-11-9/h3-5,7H,6H2,1-2H3,(H,11,12). The maximum atomic E-state index is 10.9. The molecule has 0 aliphatic heterocycles. The van der Waals surface area contributed by atoms with Crippen molar-refractivity contribution in [3.05, 3.63) is 23.4 Å². The molecule has 2 unspecified atom stereocenters. The zero-order valence-corrected chi connectivity index (χ0v) is 9.73. The van der Waals surface area contributed by atoms with Crippen LogP contribution in [0.3, 0.4) is 0 Å². The molecule has 1 aromatic heterocycles. The lowest BCUT2D eigenvalue weighted by Crippen LogP contribution is -2.22. The highest BCUT2D eigenvalue weighted by molar-refractivity contribution is 7.84. The second kappa shape index (κ2) is 5.32. The van der Waals surface area contributed by atoms with Crippen LogP contribution in [0, 0.1) is 0 Å².